The number of anilines is 1. The van der Waals surface area contributed by atoms with Gasteiger partial charge in [-0.25, -0.2) is 4.39 Å². The summed E-state index contributed by atoms with van der Waals surface area (Å²) in [6.07, 6.45) is 1.34. The third-order valence-corrected chi connectivity index (χ3v) is 5.25. The minimum absolute atomic E-state index is 0.0416. The van der Waals surface area contributed by atoms with E-state index in [1.165, 1.54) is 35.2 Å². The Morgan fingerprint density at radius 1 is 1.07 bits per heavy atom. The standard InChI is InChI=1S/C21H17FN2O4/c22-14-6-3-5-13(11-14)15-12-20(26)23(18-9-4-10-19(25)21(15)18)16-7-1-2-8-17(16)24(27)28/h1-3,5-8,11,15H,4,9-10,12H2. The van der Waals surface area contributed by atoms with Gasteiger partial charge in [-0.3, -0.25) is 24.6 Å². The minimum Gasteiger partial charge on any atom is -0.294 e. The number of hydrogen-bond acceptors (Lipinski definition) is 4. The van der Waals surface area contributed by atoms with Crippen LogP contribution in [0.4, 0.5) is 15.8 Å². The summed E-state index contributed by atoms with van der Waals surface area (Å²) in [4.78, 5) is 38.1. The van der Waals surface area contributed by atoms with Gasteiger partial charge in [0.2, 0.25) is 5.91 Å². The number of halogens is 1. The van der Waals surface area contributed by atoms with Crippen molar-refractivity contribution in [3.8, 4) is 0 Å². The van der Waals surface area contributed by atoms with Crippen LogP contribution in [0.2, 0.25) is 0 Å². The van der Waals surface area contributed by atoms with Crippen LogP contribution >= 0.6 is 0 Å². The highest BCUT2D eigenvalue weighted by Gasteiger charge is 2.41. The number of rotatable bonds is 3. The van der Waals surface area contributed by atoms with E-state index in [4.69, 9.17) is 0 Å². The first kappa shape index (κ1) is 18.0. The number of nitro benzene ring substituents is 1. The SMILES string of the molecule is O=C1CCCC2=C1C(c1cccc(F)c1)CC(=O)N2c1ccccc1[N+](=O)[O-]. The van der Waals surface area contributed by atoms with E-state index in [9.17, 15) is 24.1 Å². The highest BCUT2D eigenvalue weighted by Crippen LogP contribution is 2.45. The number of carbonyl (C=O) groups excluding carboxylic acids is 2. The van der Waals surface area contributed by atoms with Crippen LogP contribution in [0.25, 0.3) is 0 Å². The van der Waals surface area contributed by atoms with Crippen molar-refractivity contribution in [2.45, 2.75) is 31.6 Å². The molecule has 142 valence electrons. The zero-order valence-corrected chi connectivity index (χ0v) is 14.9. The quantitative estimate of drug-likeness (QED) is 0.589. The summed E-state index contributed by atoms with van der Waals surface area (Å²) in [5, 5.41) is 11.5. The number of carbonyl (C=O) groups is 2. The molecule has 1 heterocycles. The summed E-state index contributed by atoms with van der Waals surface area (Å²) in [6, 6.07) is 11.9. The Labute approximate surface area is 160 Å². The Hall–Kier alpha value is -3.35. The zero-order chi connectivity index (χ0) is 19.8. The van der Waals surface area contributed by atoms with Crippen LogP contribution in [0.15, 0.2) is 59.8 Å². The lowest BCUT2D eigenvalue weighted by Crippen LogP contribution is -2.40. The van der Waals surface area contributed by atoms with Gasteiger partial charge < -0.3 is 0 Å². The molecule has 0 radical (unpaired) electrons. The topological polar surface area (TPSA) is 80.5 Å². The molecule has 0 N–H and O–H groups in total. The normalized spacial score (nSPS) is 19.6. The molecule has 0 saturated heterocycles. The Balaban J connectivity index is 1.90. The van der Waals surface area contributed by atoms with Crippen LogP contribution in [-0.4, -0.2) is 16.6 Å². The number of nitro groups is 1. The lowest BCUT2D eigenvalue weighted by atomic mass is 9.77. The monoisotopic (exact) mass is 380 g/mol. The molecule has 1 aliphatic carbocycles. The highest BCUT2D eigenvalue weighted by molar-refractivity contribution is 6.08. The average Bonchev–Trinajstić information content (AvgIpc) is 2.67. The number of allylic oxidation sites excluding steroid dienone is 2. The van der Waals surface area contributed by atoms with Crippen LogP contribution in [0.3, 0.4) is 0 Å². The van der Waals surface area contributed by atoms with Crippen molar-refractivity contribution in [2.24, 2.45) is 0 Å². The van der Waals surface area contributed by atoms with E-state index >= 15 is 0 Å². The van der Waals surface area contributed by atoms with E-state index in [0.717, 1.165) is 0 Å². The maximum atomic E-state index is 13.8. The van der Waals surface area contributed by atoms with Gasteiger partial charge in [0.15, 0.2) is 5.78 Å². The second-order valence-corrected chi connectivity index (χ2v) is 6.92. The van der Waals surface area contributed by atoms with Crippen molar-refractivity contribution in [2.75, 3.05) is 4.90 Å². The largest absolute Gasteiger partial charge is 0.294 e. The van der Waals surface area contributed by atoms with Crippen molar-refractivity contribution in [1.29, 1.82) is 0 Å². The van der Waals surface area contributed by atoms with Gasteiger partial charge in [-0.15, -0.1) is 0 Å². The molecule has 1 amide bonds. The fraction of sp³-hybridized carbons (Fsp3) is 0.238. The fourth-order valence-corrected chi connectivity index (χ4v) is 4.09. The summed E-state index contributed by atoms with van der Waals surface area (Å²) in [7, 11) is 0. The number of hydrogen-bond donors (Lipinski definition) is 0. The molecule has 6 nitrogen and oxygen atoms in total. The molecule has 2 aromatic carbocycles. The summed E-state index contributed by atoms with van der Waals surface area (Å²) in [5.74, 6) is -1.40. The first-order valence-corrected chi connectivity index (χ1v) is 9.05. The van der Waals surface area contributed by atoms with Crippen molar-refractivity contribution < 1.29 is 18.9 Å². The van der Waals surface area contributed by atoms with Crippen molar-refractivity contribution in [3.05, 3.63) is 81.3 Å². The molecule has 2 aromatic rings. The van der Waals surface area contributed by atoms with E-state index in [1.807, 2.05) is 0 Å². The summed E-state index contributed by atoms with van der Waals surface area (Å²) >= 11 is 0. The Morgan fingerprint density at radius 3 is 2.61 bits per heavy atom. The van der Waals surface area contributed by atoms with Gasteiger partial charge in [0.25, 0.3) is 5.69 Å². The Kier molecular flexibility index (Phi) is 4.50. The summed E-state index contributed by atoms with van der Waals surface area (Å²) in [6.45, 7) is 0. The molecule has 1 aliphatic heterocycles. The number of Topliss-reactive ketones (excluding diaryl/α,β-unsaturated/α-hetero) is 1. The van der Waals surface area contributed by atoms with Crippen LogP contribution in [-0.2, 0) is 9.59 Å². The Morgan fingerprint density at radius 2 is 1.86 bits per heavy atom. The van der Waals surface area contributed by atoms with E-state index < -0.39 is 16.7 Å². The van der Waals surface area contributed by atoms with E-state index in [1.54, 1.807) is 18.2 Å². The van der Waals surface area contributed by atoms with Crippen LogP contribution in [0, 0.1) is 15.9 Å². The van der Waals surface area contributed by atoms with Crippen molar-refractivity contribution >= 4 is 23.1 Å². The predicted molar refractivity (Wildman–Crippen MR) is 100 cm³/mol. The zero-order valence-electron chi connectivity index (χ0n) is 14.9. The van der Waals surface area contributed by atoms with Crippen LogP contribution in [0.5, 0.6) is 0 Å². The predicted octanol–water partition coefficient (Wildman–Crippen LogP) is 4.26. The fourth-order valence-electron chi connectivity index (χ4n) is 4.09. The molecule has 0 saturated carbocycles. The molecule has 1 atom stereocenters. The average molecular weight is 380 g/mol. The van der Waals surface area contributed by atoms with E-state index in [0.29, 0.717) is 36.1 Å². The molecule has 7 heteroatoms. The molecule has 0 fully saturated rings. The lowest BCUT2D eigenvalue weighted by molar-refractivity contribution is -0.384. The second-order valence-electron chi connectivity index (χ2n) is 6.92. The molecule has 0 spiro atoms. The van der Waals surface area contributed by atoms with Crippen molar-refractivity contribution in [1.82, 2.24) is 0 Å². The molecule has 28 heavy (non-hydrogen) atoms. The first-order valence-electron chi connectivity index (χ1n) is 9.05. The molecule has 0 aromatic heterocycles. The van der Waals surface area contributed by atoms with Gasteiger partial charge in [0.1, 0.15) is 11.5 Å². The molecule has 0 bridgehead atoms. The van der Waals surface area contributed by atoms with Gasteiger partial charge in [0.05, 0.1) is 4.92 Å². The third-order valence-electron chi connectivity index (χ3n) is 5.25. The number of para-hydroxylation sites is 2. The second kappa shape index (κ2) is 6.99. The summed E-state index contributed by atoms with van der Waals surface area (Å²) < 4.78 is 13.8. The first-order chi connectivity index (χ1) is 13.5. The van der Waals surface area contributed by atoms with Gasteiger partial charge >= 0.3 is 0 Å². The van der Waals surface area contributed by atoms with Gasteiger partial charge in [-0.05, 0) is 36.6 Å². The van der Waals surface area contributed by atoms with E-state index in [-0.39, 0.29) is 29.5 Å². The van der Waals surface area contributed by atoms with Gasteiger partial charge in [0, 0.05) is 36.1 Å². The van der Waals surface area contributed by atoms with Crippen molar-refractivity contribution in [3.63, 3.8) is 0 Å². The maximum Gasteiger partial charge on any atom is 0.293 e. The molecule has 1 unspecified atom stereocenters. The van der Waals surface area contributed by atoms with Crippen LogP contribution < -0.4 is 4.90 Å². The number of amides is 1. The Bertz CT molecular complexity index is 1030. The number of ketones is 1. The molecule has 4 rings (SSSR count). The highest BCUT2D eigenvalue weighted by atomic mass is 19.1. The van der Waals surface area contributed by atoms with Crippen LogP contribution in [0.1, 0.15) is 37.2 Å². The molecular weight excluding hydrogens is 363 g/mol. The third kappa shape index (κ3) is 2.98. The molecular formula is C21H17FN2O4. The van der Waals surface area contributed by atoms with E-state index in [2.05, 4.69) is 0 Å². The maximum absolute atomic E-state index is 13.8. The smallest absolute Gasteiger partial charge is 0.293 e. The number of nitrogens with zero attached hydrogens (tertiary/aromatic N) is 2. The van der Waals surface area contributed by atoms with Gasteiger partial charge in [-0.2, -0.15) is 0 Å². The number of benzene rings is 2. The minimum atomic E-state index is -0.537. The molecule has 2 aliphatic rings. The van der Waals surface area contributed by atoms with Gasteiger partial charge in [-0.1, -0.05) is 24.3 Å². The summed E-state index contributed by atoms with van der Waals surface area (Å²) in [5.41, 5.74) is 1.51. The lowest BCUT2D eigenvalue weighted by Gasteiger charge is -2.38.